The van der Waals surface area contributed by atoms with Crippen LogP contribution in [0, 0.1) is 5.82 Å². The maximum atomic E-state index is 14.7. The van der Waals surface area contributed by atoms with E-state index < -0.39 is 0 Å². The SMILES string of the molecule is C[C@H](Nc1cc(N)ncn1)c1nc2ccc(F)c(-c3ccccn3)c2n1C. The van der Waals surface area contributed by atoms with Crippen LogP contribution < -0.4 is 11.1 Å². The average Bonchev–Trinajstić information content (AvgIpc) is 2.99. The molecular formula is C19H18FN7. The lowest BCUT2D eigenvalue weighted by molar-refractivity contribution is 0.631. The minimum atomic E-state index is -0.333. The number of aryl methyl sites for hydroxylation is 1. The maximum Gasteiger partial charge on any atom is 0.134 e. The first-order valence-electron chi connectivity index (χ1n) is 8.45. The van der Waals surface area contributed by atoms with Crippen LogP contribution in [-0.4, -0.2) is 24.5 Å². The van der Waals surface area contributed by atoms with Gasteiger partial charge in [0.05, 0.1) is 28.3 Å². The summed E-state index contributed by atoms with van der Waals surface area (Å²) < 4.78 is 16.5. The Morgan fingerprint density at radius 3 is 2.74 bits per heavy atom. The number of nitrogens with zero attached hydrogens (tertiary/aromatic N) is 5. The van der Waals surface area contributed by atoms with Crippen molar-refractivity contribution in [2.45, 2.75) is 13.0 Å². The molecule has 1 atom stereocenters. The third-order valence-electron chi connectivity index (χ3n) is 4.38. The molecule has 0 unspecified atom stereocenters. The van der Waals surface area contributed by atoms with Crippen LogP contribution in [0.1, 0.15) is 18.8 Å². The molecule has 8 heteroatoms. The minimum Gasteiger partial charge on any atom is -0.384 e. The van der Waals surface area contributed by atoms with Gasteiger partial charge < -0.3 is 15.6 Å². The van der Waals surface area contributed by atoms with Gasteiger partial charge in [0.1, 0.15) is 29.6 Å². The van der Waals surface area contributed by atoms with Crippen LogP contribution in [0.25, 0.3) is 22.3 Å². The second kappa shape index (κ2) is 6.64. The van der Waals surface area contributed by atoms with E-state index in [1.807, 2.05) is 24.6 Å². The van der Waals surface area contributed by atoms with E-state index >= 15 is 0 Å². The molecule has 3 aromatic heterocycles. The number of rotatable bonds is 4. The standard InChI is InChI=1S/C19H18FN7/c1-11(25-16-9-15(21)23-10-24-16)19-26-14-7-6-12(20)17(18(14)27(19)2)13-5-3-4-8-22-13/h3-11H,1-2H3,(H3,21,23,24,25)/t11-/m0/s1. The van der Waals surface area contributed by atoms with Crippen molar-refractivity contribution in [3.05, 3.63) is 60.6 Å². The summed E-state index contributed by atoms with van der Waals surface area (Å²) in [4.78, 5) is 17.0. The second-order valence-electron chi connectivity index (χ2n) is 6.23. The molecular weight excluding hydrogens is 345 g/mol. The van der Waals surface area contributed by atoms with Crippen molar-refractivity contribution in [2.24, 2.45) is 7.05 Å². The molecule has 0 bridgehead atoms. The number of imidazole rings is 1. The largest absolute Gasteiger partial charge is 0.384 e. The molecule has 0 aliphatic rings. The molecule has 0 saturated carbocycles. The number of hydrogen-bond donors (Lipinski definition) is 2. The van der Waals surface area contributed by atoms with Gasteiger partial charge in [-0.25, -0.2) is 19.3 Å². The van der Waals surface area contributed by atoms with Gasteiger partial charge >= 0.3 is 0 Å². The van der Waals surface area contributed by atoms with Crippen LogP contribution >= 0.6 is 0 Å². The summed E-state index contributed by atoms with van der Waals surface area (Å²) in [5.74, 6) is 1.38. The van der Waals surface area contributed by atoms with Gasteiger partial charge in [-0.3, -0.25) is 4.98 Å². The summed E-state index contributed by atoms with van der Waals surface area (Å²) in [6.07, 6.45) is 3.04. The second-order valence-corrected chi connectivity index (χ2v) is 6.23. The highest BCUT2D eigenvalue weighted by atomic mass is 19.1. The molecule has 7 nitrogen and oxygen atoms in total. The lowest BCUT2D eigenvalue weighted by atomic mass is 10.1. The van der Waals surface area contributed by atoms with Crippen LogP contribution in [0.3, 0.4) is 0 Å². The van der Waals surface area contributed by atoms with E-state index in [1.165, 1.54) is 12.4 Å². The van der Waals surface area contributed by atoms with E-state index in [4.69, 9.17) is 5.73 Å². The van der Waals surface area contributed by atoms with Crippen molar-refractivity contribution < 1.29 is 4.39 Å². The van der Waals surface area contributed by atoms with Gasteiger partial charge in [-0.15, -0.1) is 0 Å². The summed E-state index contributed by atoms with van der Waals surface area (Å²) in [5, 5.41) is 3.25. The number of nitrogen functional groups attached to an aromatic ring is 1. The first-order valence-corrected chi connectivity index (χ1v) is 8.45. The molecule has 3 N–H and O–H groups in total. The van der Waals surface area contributed by atoms with Gasteiger partial charge in [0, 0.05) is 19.3 Å². The van der Waals surface area contributed by atoms with Crippen molar-refractivity contribution in [1.29, 1.82) is 0 Å². The Hall–Kier alpha value is -3.55. The zero-order valence-corrected chi connectivity index (χ0v) is 14.9. The van der Waals surface area contributed by atoms with Gasteiger partial charge in [-0.1, -0.05) is 6.07 Å². The minimum absolute atomic E-state index is 0.184. The average molecular weight is 363 g/mol. The predicted octanol–water partition coefficient (Wildman–Crippen LogP) is 3.32. The van der Waals surface area contributed by atoms with E-state index in [0.29, 0.717) is 33.9 Å². The lowest BCUT2D eigenvalue weighted by Gasteiger charge is -2.15. The van der Waals surface area contributed by atoms with Crippen LogP contribution in [0.4, 0.5) is 16.0 Å². The van der Waals surface area contributed by atoms with E-state index in [1.54, 1.807) is 30.5 Å². The van der Waals surface area contributed by atoms with Gasteiger partial charge in [0.15, 0.2) is 0 Å². The van der Waals surface area contributed by atoms with Crippen molar-refractivity contribution in [2.75, 3.05) is 11.1 Å². The number of anilines is 2. The highest BCUT2D eigenvalue weighted by Crippen LogP contribution is 2.32. The first kappa shape index (κ1) is 16.9. The molecule has 0 aliphatic carbocycles. The molecule has 0 radical (unpaired) electrons. The molecule has 4 aromatic rings. The number of hydrogen-bond acceptors (Lipinski definition) is 6. The number of nitrogens with one attached hydrogen (secondary N) is 1. The Bertz CT molecular complexity index is 1110. The molecule has 1 aromatic carbocycles. The molecule has 27 heavy (non-hydrogen) atoms. The van der Waals surface area contributed by atoms with Crippen molar-refractivity contribution in [3.8, 4) is 11.3 Å². The van der Waals surface area contributed by atoms with Crippen LogP contribution in [-0.2, 0) is 7.05 Å². The topological polar surface area (TPSA) is 94.5 Å². The third-order valence-corrected chi connectivity index (χ3v) is 4.38. The molecule has 4 rings (SSSR count). The molecule has 0 aliphatic heterocycles. The first-order chi connectivity index (χ1) is 13.0. The Morgan fingerprint density at radius 1 is 1.15 bits per heavy atom. The number of aromatic nitrogens is 5. The van der Waals surface area contributed by atoms with E-state index in [2.05, 4.69) is 25.3 Å². The Labute approximate surface area is 155 Å². The summed E-state index contributed by atoms with van der Waals surface area (Å²) >= 11 is 0. The molecule has 0 spiro atoms. The summed E-state index contributed by atoms with van der Waals surface area (Å²) in [7, 11) is 1.86. The van der Waals surface area contributed by atoms with Crippen molar-refractivity contribution >= 4 is 22.7 Å². The van der Waals surface area contributed by atoms with Crippen molar-refractivity contribution in [1.82, 2.24) is 24.5 Å². The fourth-order valence-corrected chi connectivity index (χ4v) is 3.18. The van der Waals surface area contributed by atoms with Crippen LogP contribution in [0.5, 0.6) is 0 Å². The third kappa shape index (κ3) is 3.05. The van der Waals surface area contributed by atoms with E-state index in [9.17, 15) is 4.39 Å². The Balaban J connectivity index is 1.80. The quantitative estimate of drug-likeness (QED) is 0.578. The molecule has 3 heterocycles. The fraction of sp³-hybridized carbons (Fsp3) is 0.158. The highest BCUT2D eigenvalue weighted by Gasteiger charge is 2.20. The number of pyridine rings is 1. The molecule has 0 fully saturated rings. The smallest absolute Gasteiger partial charge is 0.134 e. The number of benzene rings is 1. The maximum absolute atomic E-state index is 14.7. The van der Waals surface area contributed by atoms with Gasteiger partial charge in [-0.2, -0.15) is 0 Å². The lowest BCUT2D eigenvalue weighted by Crippen LogP contribution is -2.13. The van der Waals surface area contributed by atoms with Gasteiger partial charge in [-0.05, 0) is 31.2 Å². The summed E-state index contributed by atoms with van der Waals surface area (Å²) in [6.45, 7) is 1.95. The van der Waals surface area contributed by atoms with Crippen LogP contribution in [0.15, 0.2) is 48.9 Å². The zero-order valence-electron chi connectivity index (χ0n) is 14.9. The van der Waals surface area contributed by atoms with Crippen molar-refractivity contribution in [3.63, 3.8) is 0 Å². The summed E-state index contributed by atoms with van der Waals surface area (Å²) in [6, 6.07) is 9.99. The molecule has 0 saturated heterocycles. The van der Waals surface area contributed by atoms with E-state index in [0.717, 1.165) is 5.82 Å². The Kier molecular flexibility index (Phi) is 4.15. The zero-order chi connectivity index (χ0) is 19.0. The number of fused-ring (bicyclic) bond motifs is 1. The fourth-order valence-electron chi connectivity index (χ4n) is 3.18. The van der Waals surface area contributed by atoms with E-state index in [-0.39, 0.29) is 11.9 Å². The monoisotopic (exact) mass is 363 g/mol. The predicted molar refractivity (Wildman–Crippen MR) is 102 cm³/mol. The van der Waals surface area contributed by atoms with Gasteiger partial charge in [0.2, 0.25) is 0 Å². The van der Waals surface area contributed by atoms with Crippen LogP contribution in [0.2, 0.25) is 0 Å². The number of halogens is 1. The molecule has 0 amide bonds. The highest BCUT2D eigenvalue weighted by molar-refractivity contribution is 5.92. The molecule has 136 valence electrons. The van der Waals surface area contributed by atoms with Gasteiger partial charge in [0.25, 0.3) is 0 Å². The Morgan fingerprint density at radius 2 is 2.00 bits per heavy atom. The number of nitrogens with two attached hydrogens (primary N) is 1. The summed E-state index contributed by atoms with van der Waals surface area (Å²) in [5.41, 5.74) is 8.10. The normalized spacial score (nSPS) is 12.3.